The number of thiazole rings is 1. The first-order valence-corrected chi connectivity index (χ1v) is 27.3. The fraction of sp³-hybridized carbons (Fsp3) is 0.566. The topological polar surface area (TPSA) is 220 Å². The number of piperazine rings is 1. The Kier molecular flexibility index (Phi) is 22.6. The summed E-state index contributed by atoms with van der Waals surface area (Å²) in [7, 11) is 5.01. The second kappa shape index (κ2) is 29.7. The minimum Gasteiger partial charge on any atom is -0.495 e. The summed E-state index contributed by atoms with van der Waals surface area (Å²) < 4.78 is 34.3. The number of nitrogens with zero attached hydrogens (tertiary/aromatic N) is 6. The third-order valence-corrected chi connectivity index (χ3v) is 14.9. The largest absolute Gasteiger partial charge is 0.495 e. The van der Waals surface area contributed by atoms with Crippen molar-refractivity contribution in [2.75, 3.05) is 131 Å². The van der Waals surface area contributed by atoms with Crippen molar-refractivity contribution >= 4 is 63.9 Å². The Labute approximate surface area is 448 Å². The van der Waals surface area contributed by atoms with Gasteiger partial charge in [-0.2, -0.15) is 4.98 Å². The predicted octanol–water partition coefficient (Wildman–Crippen LogP) is 5.85. The van der Waals surface area contributed by atoms with E-state index in [1.807, 2.05) is 9.80 Å². The van der Waals surface area contributed by atoms with Gasteiger partial charge < -0.3 is 59.5 Å². The van der Waals surface area contributed by atoms with Crippen molar-refractivity contribution in [2.24, 2.45) is 5.92 Å². The Balaban J connectivity index is 0.708. The number of aromatic nitrogens is 3. The van der Waals surface area contributed by atoms with Crippen LogP contribution in [0.25, 0.3) is 0 Å². The summed E-state index contributed by atoms with van der Waals surface area (Å²) in [6, 6.07) is 11.1. The van der Waals surface area contributed by atoms with Crippen molar-refractivity contribution in [3.8, 4) is 11.5 Å². The molecule has 0 radical (unpaired) electrons. The van der Waals surface area contributed by atoms with E-state index in [9.17, 15) is 19.2 Å². The lowest BCUT2D eigenvalue weighted by Gasteiger charge is -2.35. The second-order valence-electron chi connectivity index (χ2n) is 18.6. The van der Waals surface area contributed by atoms with Gasteiger partial charge in [-0.05, 0) is 75.9 Å². The van der Waals surface area contributed by atoms with E-state index in [2.05, 4.69) is 36.1 Å². The number of rotatable bonds is 29. The fourth-order valence-corrected chi connectivity index (χ4v) is 10.5. The van der Waals surface area contributed by atoms with E-state index in [4.69, 9.17) is 45.0 Å². The highest BCUT2D eigenvalue weighted by atomic mass is 35.5. The van der Waals surface area contributed by atoms with Gasteiger partial charge in [0.25, 0.3) is 5.91 Å². The first-order chi connectivity index (χ1) is 36.6. The van der Waals surface area contributed by atoms with Crippen molar-refractivity contribution in [2.45, 2.75) is 70.0 Å². The van der Waals surface area contributed by atoms with Gasteiger partial charge in [-0.3, -0.25) is 24.1 Å². The normalized spacial score (nSPS) is 17.1. The quantitative estimate of drug-likeness (QED) is 0.0370. The molecule has 0 bridgehead atoms. The molecule has 20 nitrogen and oxygen atoms in total. The first kappa shape index (κ1) is 57.2. The molecule has 75 heavy (non-hydrogen) atoms. The lowest BCUT2D eigenvalue weighted by Crippen LogP contribution is -2.55. The zero-order chi connectivity index (χ0) is 52.9. The van der Waals surface area contributed by atoms with E-state index in [1.54, 1.807) is 76.0 Å². The summed E-state index contributed by atoms with van der Waals surface area (Å²) in [5.74, 6) is 1.46. The van der Waals surface area contributed by atoms with Crippen LogP contribution in [-0.4, -0.2) is 185 Å². The molecule has 1 unspecified atom stereocenters. The number of hydrogen-bond donors (Lipinski definition) is 4. The molecule has 2 aromatic heterocycles. The molecule has 3 fully saturated rings. The van der Waals surface area contributed by atoms with Crippen LogP contribution in [0.2, 0.25) is 5.02 Å². The Hall–Kier alpha value is -5.52. The molecule has 408 valence electrons. The van der Waals surface area contributed by atoms with Crippen molar-refractivity contribution in [1.29, 1.82) is 0 Å². The number of nitrogens with one attached hydrogen (secondary N) is 4. The maximum Gasteiger partial charge on any atom is 0.254 e. The van der Waals surface area contributed by atoms with Crippen LogP contribution in [0.5, 0.6) is 11.5 Å². The van der Waals surface area contributed by atoms with Crippen LogP contribution in [0.15, 0.2) is 54.0 Å². The summed E-state index contributed by atoms with van der Waals surface area (Å²) in [6.07, 6.45) is 8.16. The monoisotopic (exact) mass is 1080 g/mol. The highest BCUT2D eigenvalue weighted by Crippen LogP contribution is 2.37. The molecular weight excluding hydrogens is 1000 g/mol. The van der Waals surface area contributed by atoms with Gasteiger partial charge in [0.05, 0.1) is 83.9 Å². The summed E-state index contributed by atoms with van der Waals surface area (Å²) in [5.41, 5.74) is 1.95. The first-order valence-electron chi connectivity index (χ1n) is 26.1. The zero-order valence-electron chi connectivity index (χ0n) is 43.6. The number of amides is 3. The predicted molar refractivity (Wildman–Crippen MR) is 287 cm³/mol. The molecule has 2 aromatic carbocycles. The Bertz CT molecular complexity index is 2470. The van der Waals surface area contributed by atoms with Crippen molar-refractivity contribution in [1.82, 2.24) is 40.3 Å². The molecule has 3 aliphatic rings. The van der Waals surface area contributed by atoms with Gasteiger partial charge in [-0.25, -0.2) is 9.97 Å². The van der Waals surface area contributed by atoms with Gasteiger partial charge in [0.15, 0.2) is 0 Å². The average Bonchev–Trinajstić information content (AvgIpc) is 4.15. The highest BCUT2D eigenvalue weighted by molar-refractivity contribution is 7.10. The third kappa shape index (κ3) is 16.5. The van der Waals surface area contributed by atoms with Crippen LogP contribution < -0.4 is 30.7 Å². The van der Waals surface area contributed by atoms with Crippen LogP contribution in [0.4, 0.5) is 17.5 Å². The average molecular weight is 1080 g/mol. The number of benzene rings is 2. The molecule has 4 heterocycles. The molecule has 1 saturated carbocycles. The third-order valence-electron chi connectivity index (χ3n) is 13.7. The molecule has 22 heteroatoms. The van der Waals surface area contributed by atoms with Gasteiger partial charge in [-0.1, -0.05) is 43.0 Å². The van der Waals surface area contributed by atoms with Gasteiger partial charge in [-0.15, -0.1) is 11.3 Å². The SMILES string of the molecule is CNc1nc(Nc2ccc(C(=O)N3CCN(CCOCCOCCOCCOCCOc4cccc(C(=O)c5csc(C6CCCN6C(=O)[C@@H](NC(=O)[C@H](C)NC)C6CCCCC6)n5)c4)CC3)cc2OC)ncc1Cl. The molecule has 1 aliphatic carbocycles. The molecule has 7 rings (SSSR count). The number of ketones is 1. The Morgan fingerprint density at radius 1 is 0.800 bits per heavy atom. The van der Waals surface area contributed by atoms with E-state index in [1.165, 1.54) is 17.5 Å². The minimum atomic E-state index is -0.582. The summed E-state index contributed by atoms with van der Waals surface area (Å²) in [4.78, 5) is 73.5. The highest BCUT2D eigenvalue weighted by Gasteiger charge is 2.40. The molecule has 2 saturated heterocycles. The smallest absolute Gasteiger partial charge is 0.254 e. The zero-order valence-corrected chi connectivity index (χ0v) is 45.2. The van der Waals surface area contributed by atoms with Gasteiger partial charge >= 0.3 is 0 Å². The number of methoxy groups -OCH3 is 1. The number of likely N-dealkylation sites (N-methyl/N-ethyl adjacent to an activating group) is 1. The van der Waals surface area contributed by atoms with E-state index < -0.39 is 12.1 Å². The van der Waals surface area contributed by atoms with E-state index in [-0.39, 0.29) is 35.5 Å². The van der Waals surface area contributed by atoms with E-state index in [0.29, 0.717) is 130 Å². The summed E-state index contributed by atoms with van der Waals surface area (Å²) in [6.45, 7) is 9.70. The van der Waals surface area contributed by atoms with Gasteiger partial charge in [0.2, 0.25) is 23.5 Å². The molecule has 2 aliphatic heterocycles. The van der Waals surface area contributed by atoms with Gasteiger partial charge in [0.1, 0.15) is 45.7 Å². The molecule has 3 amide bonds. The van der Waals surface area contributed by atoms with Crippen LogP contribution in [-0.2, 0) is 28.5 Å². The van der Waals surface area contributed by atoms with Crippen LogP contribution in [0.3, 0.4) is 0 Å². The van der Waals surface area contributed by atoms with E-state index >= 15 is 0 Å². The molecule has 0 spiro atoms. The Morgan fingerprint density at radius 2 is 1.51 bits per heavy atom. The fourth-order valence-electron chi connectivity index (χ4n) is 9.33. The number of ether oxygens (including phenoxy) is 6. The number of carbonyl (C=O) groups is 4. The van der Waals surface area contributed by atoms with Crippen LogP contribution >= 0.6 is 22.9 Å². The molecule has 4 aromatic rings. The van der Waals surface area contributed by atoms with E-state index in [0.717, 1.165) is 69.6 Å². The number of anilines is 3. The molecule has 4 N–H and O–H groups in total. The Morgan fingerprint density at radius 3 is 2.20 bits per heavy atom. The number of hydrogen-bond acceptors (Lipinski definition) is 18. The summed E-state index contributed by atoms with van der Waals surface area (Å²) >= 11 is 7.50. The van der Waals surface area contributed by atoms with Crippen LogP contribution in [0.1, 0.15) is 89.3 Å². The van der Waals surface area contributed by atoms with Crippen molar-refractivity contribution in [3.63, 3.8) is 0 Å². The maximum atomic E-state index is 14.2. The van der Waals surface area contributed by atoms with Crippen LogP contribution in [0, 0.1) is 5.92 Å². The molecular formula is C53H73ClN10O10S. The second-order valence-corrected chi connectivity index (χ2v) is 19.9. The minimum absolute atomic E-state index is 0.0547. The van der Waals surface area contributed by atoms with Gasteiger partial charge in [0, 0.05) is 62.8 Å². The molecule has 3 atom stereocenters. The van der Waals surface area contributed by atoms with Crippen molar-refractivity contribution in [3.05, 3.63) is 80.9 Å². The number of carbonyl (C=O) groups excluding carboxylic acids is 4. The van der Waals surface area contributed by atoms with Crippen molar-refractivity contribution < 1.29 is 47.6 Å². The standard InChI is InChI=1S/C53H73ClN10O10S/c1-36(55-2)49(66)60-46(37-10-6-5-7-11-37)52(68)64-17-9-14-44(64)50-58-43(35-75-50)47(65)38-12-8-13-40(32-38)74-31-30-73-29-28-72-27-26-71-25-24-70-23-22-62-18-20-63(21-19-62)51(67)39-15-16-42(45(33-39)69-4)59-53-57-34-41(54)48(56-3)61-53/h8,12-13,15-16,32-37,44,46,55H,5-7,9-11,14,17-31H2,1-4H3,(H,60,66)(H2,56,57,59,61)/t36-,44?,46-/m0/s1. The number of likely N-dealkylation sites (tertiary alicyclic amines) is 1. The maximum absolute atomic E-state index is 14.2. The number of halogens is 1. The lowest BCUT2D eigenvalue weighted by molar-refractivity contribution is -0.139. The summed E-state index contributed by atoms with van der Waals surface area (Å²) in [5, 5.41) is 15.0. The lowest BCUT2D eigenvalue weighted by atomic mass is 9.83.